The Morgan fingerprint density at radius 2 is 2.00 bits per heavy atom. The molecule has 4 rings (SSSR count). The molecule has 1 aromatic heterocycles. The van der Waals surface area contributed by atoms with Crippen LogP contribution in [0.3, 0.4) is 0 Å². The Balaban J connectivity index is 1.42. The first-order chi connectivity index (χ1) is 12.7. The smallest absolute Gasteiger partial charge is 0.277 e. The third kappa shape index (κ3) is 3.35. The van der Waals surface area contributed by atoms with Gasteiger partial charge in [0, 0.05) is 5.69 Å². The third-order valence-corrected chi connectivity index (χ3v) is 3.94. The summed E-state index contributed by atoms with van der Waals surface area (Å²) >= 11 is 0. The minimum atomic E-state index is -0.823. The van der Waals surface area contributed by atoms with Crippen LogP contribution >= 0.6 is 0 Å². The van der Waals surface area contributed by atoms with Crippen LogP contribution in [0.4, 0.5) is 5.69 Å². The predicted molar refractivity (Wildman–Crippen MR) is 91.9 cm³/mol. The average Bonchev–Trinajstić information content (AvgIpc) is 3.31. The number of hydrogen-bond acceptors (Lipinski definition) is 6. The molecule has 1 aliphatic heterocycles. The van der Waals surface area contributed by atoms with Crippen LogP contribution in [0.25, 0.3) is 0 Å². The van der Waals surface area contributed by atoms with Gasteiger partial charge in [-0.25, -0.2) is 4.68 Å². The van der Waals surface area contributed by atoms with E-state index in [1.54, 1.807) is 30.3 Å². The molecule has 8 heteroatoms. The molecule has 0 spiro atoms. The van der Waals surface area contributed by atoms with Crippen LogP contribution in [0.2, 0.25) is 0 Å². The number of carbonyl (C=O) groups is 1. The first-order valence-corrected chi connectivity index (χ1v) is 8.03. The summed E-state index contributed by atoms with van der Waals surface area (Å²) in [5.41, 5.74) is 1.51. The highest BCUT2D eigenvalue weighted by Crippen LogP contribution is 2.34. The van der Waals surface area contributed by atoms with Crippen LogP contribution in [0.15, 0.2) is 54.7 Å². The number of amides is 1. The molecule has 0 unspecified atom stereocenters. The van der Waals surface area contributed by atoms with Crippen molar-refractivity contribution in [3.63, 3.8) is 0 Å². The number of aromatic nitrogens is 3. The SMILES string of the molecule is O=C(Nc1ccccc1)c1cn(C[C@@H](O)c2ccc3c(c2)OCO3)nn1. The second-order valence-electron chi connectivity index (χ2n) is 5.77. The van der Waals surface area contributed by atoms with E-state index in [0.29, 0.717) is 22.7 Å². The molecule has 0 saturated carbocycles. The van der Waals surface area contributed by atoms with Crippen molar-refractivity contribution in [1.82, 2.24) is 15.0 Å². The zero-order chi connectivity index (χ0) is 17.9. The molecule has 26 heavy (non-hydrogen) atoms. The number of hydrogen-bond donors (Lipinski definition) is 2. The van der Waals surface area contributed by atoms with E-state index < -0.39 is 6.10 Å². The van der Waals surface area contributed by atoms with Crippen LogP contribution in [0, 0.1) is 0 Å². The lowest BCUT2D eigenvalue weighted by molar-refractivity contribution is 0.102. The van der Waals surface area contributed by atoms with Crippen LogP contribution in [0.1, 0.15) is 22.2 Å². The largest absolute Gasteiger partial charge is 0.454 e. The van der Waals surface area contributed by atoms with E-state index in [0.717, 1.165) is 0 Å². The highest BCUT2D eigenvalue weighted by atomic mass is 16.7. The minimum Gasteiger partial charge on any atom is -0.454 e. The summed E-state index contributed by atoms with van der Waals surface area (Å²) < 4.78 is 12.0. The van der Waals surface area contributed by atoms with E-state index in [2.05, 4.69) is 15.6 Å². The second kappa shape index (κ2) is 6.85. The van der Waals surface area contributed by atoms with Gasteiger partial charge >= 0.3 is 0 Å². The van der Waals surface area contributed by atoms with Crippen molar-refractivity contribution in [3.05, 3.63) is 66.0 Å². The van der Waals surface area contributed by atoms with Gasteiger partial charge in [-0.3, -0.25) is 4.79 Å². The molecule has 1 aliphatic rings. The highest BCUT2D eigenvalue weighted by Gasteiger charge is 2.18. The third-order valence-electron chi connectivity index (χ3n) is 3.94. The Labute approximate surface area is 149 Å². The fourth-order valence-corrected chi connectivity index (χ4v) is 2.61. The number of benzene rings is 2. The topological polar surface area (TPSA) is 98.5 Å². The van der Waals surface area contributed by atoms with Gasteiger partial charge in [0.15, 0.2) is 17.2 Å². The minimum absolute atomic E-state index is 0.158. The van der Waals surface area contributed by atoms with Crippen molar-refractivity contribution >= 4 is 11.6 Å². The van der Waals surface area contributed by atoms with Crippen molar-refractivity contribution in [2.24, 2.45) is 0 Å². The molecule has 0 saturated heterocycles. The molecule has 2 heterocycles. The second-order valence-corrected chi connectivity index (χ2v) is 5.77. The molecule has 0 radical (unpaired) electrons. The lowest BCUT2D eigenvalue weighted by atomic mass is 10.1. The number of anilines is 1. The zero-order valence-electron chi connectivity index (χ0n) is 13.7. The maximum Gasteiger partial charge on any atom is 0.277 e. The standard InChI is InChI=1S/C18H16N4O4/c23-15(12-6-7-16-17(8-12)26-11-25-16)10-22-9-14(20-21-22)18(24)19-13-4-2-1-3-5-13/h1-9,15,23H,10-11H2,(H,19,24)/t15-/m1/s1. The fourth-order valence-electron chi connectivity index (χ4n) is 2.61. The van der Waals surface area contributed by atoms with Crippen LogP contribution in [-0.2, 0) is 6.54 Å². The number of aliphatic hydroxyl groups is 1. The molecule has 3 aromatic rings. The molecule has 0 fully saturated rings. The summed E-state index contributed by atoms with van der Waals surface area (Å²) in [5.74, 6) is 0.893. The Hall–Kier alpha value is -3.39. The number of fused-ring (bicyclic) bond motifs is 1. The van der Waals surface area contributed by atoms with E-state index in [1.165, 1.54) is 10.9 Å². The van der Waals surface area contributed by atoms with E-state index in [4.69, 9.17) is 9.47 Å². The number of ether oxygens (including phenoxy) is 2. The maximum atomic E-state index is 12.2. The number of rotatable bonds is 5. The molecule has 2 N–H and O–H groups in total. The summed E-state index contributed by atoms with van der Waals surface area (Å²) in [6.07, 6.45) is 0.672. The first kappa shape index (κ1) is 16.1. The van der Waals surface area contributed by atoms with Crippen molar-refractivity contribution in [2.45, 2.75) is 12.6 Å². The van der Waals surface area contributed by atoms with Gasteiger partial charge < -0.3 is 19.9 Å². The molecule has 2 aromatic carbocycles. The lowest BCUT2D eigenvalue weighted by Crippen LogP contribution is -2.12. The number of aliphatic hydroxyl groups excluding tert-OH is 1. The van der Waals surface area contributed by atoms with E-state index >= 15 is 0 Å². The maximum absolute atomic E-state index is 12.2. The van der Waals surface area contributed by atoms with Crippen LogP contribution in [-0.4, -0.2) is 32.8 Å². The van der Waals surface area contributed by atoms with Crippen molar-refractivity contribution in [2.75, 3.05) is 12.1 Å². The normalized spacial score (nSPS) is 13.4. The Morgan fingerprint density at radius 3 is 2.85 bits per heavy atom. The van der Waals surface area contributed by atoms with Crippen molar-refractivity contribution in [1.29, 1.82) is 0 Å². The monoisotopic (exact) mass is 352 g/mol. The van der Waals surface area contributed by atoms with Crippen LogP contribution < -0.4 is 14.8 Å². The summed E-state index contributed by atoms with van der Waals surface area (Å²) in [6, 6.07) is 14.3. The van der Waals surface area contributed by atoms with Gasteiger partial charge in [0.1, 0.15) is 0 Å². The molecule has 132 valence electrons. The summed E-state index contributed by atoms with van der Waals surface area (Å²) in [6.45, 7) is 0.336. The average molecular weight is 352 g/mol. The fraction of sp³-hybridized carbons (Fsp3) is 0.167. The highest BCUT2D eigenvalue weighted by molar-refractivity contribution is 6.02. The Morgan fingerprint density at radius 1 is 1.19 bits per heavy atom. The predicted octanol–water partition coefficient (Wildman–Crippen LogP) is 1.99. The van der Waals surface area contributed by atoms with Crippen molar-refractivity contribution in [3.8, 4) is 11.5 Å². The Bertz CT molecular complexity index is 926. The summed E-state index contributed by atoms with van der Waals surface area (Å²) in [4.78, 5) is 12.2. The van der Waals surface area contributed by atoms with Crippen LogP contribution in [0.5, 0.6) is 11.5 Å². The van der Waals surface area contributed by atoms with E-state index in [1.807, 2.05) is 18.2 Å². The molecule has 1 atom stereocenters. The van der Waals surface area contributed by atoms with E-state index in [-0.39, 0.29) is 24.9 Å². The van der Waals surface area contributed by atoms with Crippen molar-refractivity contribution < 1.29 is 19.4 Å². The van der Waals surface area contributed by atoms with Gasteiger partial charge in [-0.2, -0.15) is 0 Å². The van der Waals surface area contributed by atoms with Gasteiger partial charge in [0.25, 0.3) is 5.91 Å². The number of nitrogens with one attached hydrogen (secondary N) is 1. The number of nitrogens with zero attached hydrogens (tertiary/aromatic N) is 3. The van der Waals surface area contributed by atoms with E-state index in [9.17, 15) is 9.90 Å². The zero-order valence-corrected chi connectivity index (χ0v) is 13.7. The van der Waals surface area contributed by atoms with Gasteiger partial charge in [-0.1, -0.05) is 29.5 Å². The Kier molecular flexibility index (Phi) is 4.24. The summed E-state index contributed by atoms with van der Waals surface area (Å²) in [7, 11) is 0. The lowest BCUT2D eigenvalue weighted by Gasteiger charge is -2.11. The first-order valence-electron chi connectivity index (χ1n) is 8.03. The quantitative estimate of drug-likeness (QED) is 0.729. The molecule has 0 bridgehead atoms. The number of para-hydroxylation sites is 1. The summed E-state index contributed by atoms with van der Waals surface area (Å²) in [5, 5.41) is 20.9. The molecular weight excluding hydrogens is 336 g/mol. The molecule has 1 amide bonds. The van der Waals surface area contributed by atoms with Gasteiger partial charge in [-0.05, 0) is 29.8 Å². The van der Waals surface area contributed by atoms with Gasteiger partial charge in [0.2, 0.25) is 6.79 Å². The van der Waals surface area contributed by atoms with Gasteiger partial charge in [0.05, 0.1) is 18.8 Å². The number of carbonyl (C=O) groups excluding carboxylic acids is 1. The molecule has 8 nitrogen and oxygen atoms in total. The molecule has 0 aliphatic carbocycles. The van der Waals surface area contributed by atoms with Gasteiger partial charge in [-0.15, -0.1) is 5.10 Å². The molecular formula is C18H16N4O4.